The summed E-state index contributed by atoms with van der Waals surface area (Å²) in [6, 6.07) is 5.94. The molecule has 1 aromatic carbocycles. The van der Waals surface area contributed by atoms with E-state index in [-0.39, 0.29) is 13.2 Å². The number of alkyl halides is 1. The summed E-state index contributed by atoms with van der Waals surface area (Å²) in [7, 11) is 0. The summed E-state index contributed by atoms with van der Waals surface area (Å²) < 4.78 is 22.2. The van der Waals surface area contributed by atoms with Crippen molar-refractivity contribution in [2.75, 3.05) is 37.7 Å². The summed E-state index contributed by atoms with van der Waals surface area (Å²) in [4.78, 5) is 13.0. The molecule has 0 amide bonds. The third-order valence-corrected chi connectivity index (χ3v) is 7.91. The zero-order chi connectivity index (χ0) is 22.9. The van der Waals surface area contributed by atoms with Crippen molar-refractivity contribution in [1.82, 2.24) is 29.6 Å². The minimum Gasteiger partial charge on any atom is -0.375 e. The molecule has 7 rings (SSSR count). The molecule has 0 radical (unpaired) electrons. The Balaban J connectivity index is 1.14. The van der Waals surface area contributed by atoms with Crippen LogP contribution in [0.25, 0.3) is 5.69 Å². The summed E-state index contributed by atoms with van der Waals surface area (Å²) in [5.41, 5.74) is 1.15. The van der Waals surface area contributed by atoms with Gasteiger partial charge in [0.1, 0.15) is 11.6 Å². The lowest BCUT2D eigenvalue weighted by atomic mass is 9.57. The lowest BCUT2D eigenvalue weighted by Crippen LogP contribution is -2.62. The molecule has 0 bridgehead atoms. The molecule has 5 heterocycles. The van der Waals surface area contributed by atoms with Crippen molar-refractivity contribution in [1.29, 1.82) is 0 Å². The van der Waals surface area contributed by atoms with Gasteiger partial charge in [-0.05, 0) is 36.6 Å². The fourth-order valence-corrected chi connectivity index (χ4v) is 6.28. The second-order valence-corrected chi connectivity index (χ2v) is 10.8. The third kappa shape index (κ3) is 3.32. The van der Waals surface area contributed by atoms with Gasteiger partial charge in [-0.2, -0.15) is 0 Å². The van der Waals surface area contributed by atoms with Gasteiger partial charge in [0.25, 0.3) is 0 Å². The van der Waals surface area contributed by atoms with Crippen LogP contribution in [0.2, 0.25) is 5.02 Å². The van der Waals surface area contributed by atoms with Crippen molar-refractivity contribution >= 4 is 17.4 Å². The molecule has 3 fully saturated rings. The Hall–Kier alpha value is -2.62. The molecule has 2 saturated heterocycles. The van der Waals surface area contributed by atoms with Crippen LogP contribution in [0.4, 0.5) is 10.2 Å². The van der Waals surface area contributed by atoms with Gasteiger partial charge in [0.15, 0.2) is 11.5 Å². The summed E-state index contributed by atoms with van der Waals surface area (Å²) in [5.74, 6) is 3.16. The standard InChI is InChI=1S/C24H25ClFN7O/c25-18-1-2-19-16(5-18)9-31(13-24(26)14-34-15-24)10-21-29-30-22(33(19)21)17-6-23(7-17)11-32(12-23)20-8-27-3-4-28-20/h1-5,8,17H,6-7,9-15H2. The molecule has 3 aromatic rings. The lowest BCUT2D eigenvalue weighted by molar-refractivity contribution is -0.142. The maximum Gasteiger partial charge on any atom is 0.169 e. The molecule has 176 valence electrons. The largest absolute Gasteiger partial charge is 0.375 e. The molecule has 34 heavy (non-hydrogen) atoms. The maximum absolute atomic E-state index is 14.9. The van der Waals surface area contributed by atoms with Gasteiger partial charge in [-0.3, -0.25) is 14.5 Å². The number of rotatable bonds is 4. The highest BCUT2D eigenvalue weighted by Crippen LogP contribution is 2.56. The zero-order valence-corrected chi connectivity index (χ0v) is 19.5. The molecule has 2 aromatic heterocycles. The molecule has 1 aliphatic carbocycles. The molecule has 1 saturated carbocycles. The molecule has 0 atom stereocenters. The van der Waals surface area contributed by atoms with E-state index in [4.69, 9.17) is 16.3 Å². The van der Waals surface area contributed by atoms with E-state index >= 15 is 0 Å². The van der Waals surface area contributed by atoms with Crippen LogP contribution in [0.1, 0.15) is 36.0 Å². The number of hydrogen-bond acceptors (Lipinski definition) is 7. The molecule has 0 unspecified atom stereocenters. The van der Waals surface area contributed by atoms with Gasteiger partial charge >= 0.3 is 0 Å². The number of benzene rings is 1. The Bertz CT molecular complexity index is 1230. The summed E-state index contributed by atoms with van der Waals surface area (Å²) in [6.07, 6.45) is 7.44. The number of nitrogens with zero attached hydrogens (tertiary/aromatic N) is 7. The first-order valence-corrected chi connectivity index (χ1v) is 12.1. The normalized spacial score (nSPS) is 22.8. The van der Waals surface area contributed by atoms with Gasteiger partial charge in [0.2, 0.25) is 0 Å². The highest BCUT2D eigenvalue weighted by molar-refractivity contribution is 6.30. The van der Waals surface area contributed by atoms with Gasteiger partial charge in [-0.1, -0.05) is 11.6 Å². The molecule has 3 aliphatic heterocycles. The van der Waals surface area contributed by atoms with Crippen LogP contribution in [0, 0.1) is 5.41 Å². The Kier molecular flexibility index (Phi) is 4.53. The average Bonchev–Trinajstić information content (AvgIpc) is 3.07. The van der Waals surface area contributed by atoms with E-state index < -0.39 is 5.67 Å². The predicted octanol–water partition coefficient (Wildman–Crippen LogP) is 3.15. The SMILES string of the molecule is FC1(CN2Cc3cc(Cl)ccc3-n3c(nnc3C3CC4(C3)CN(c3cnccn3)C4)C2)COC1. The van der Waals surface area contributed by atoms with Crippen LogP contribution in [-0.2, 0) is 17.8 Å². The second kappa shape index (κ2) is 7.44. The number of ether oxygens (including phenoxy) is 1. The van der Waals surface area contributed by atoms with Crippen LogP contribution in [0.5, 0.6) is 0 Å². The smallest absolute Gasteiger partial charge is 0.169 e. The molecule has 0 N–H and O–H groups in total. The Morgan fingerprint density at radius 1 is 1.12 bits per heavy atom. The minimum atomic E-state index is -1.30. The first kappa shape index (κ1) is 20.7. The first-order chi connectivity index (χ1) is 16.5. The van der Waals surface area contributed by atoms with E-state index in [0.29, 0.717) is 36.0 Å². The van der Waals surface area contributed by atoms with Crippen LogP contribution >= 0.6 is 11.6 Å². The fraction of sp³-hybridized carbons (Fsp3) is 0.500. The summed E-state index contributed by atoms with van der Waals surface area (Å²) in [6.45, 7) is 3.79. The number of halogens is 2. The Labute approximate surface area is 201 Å². The monoisotopic (exact) mass is 481 g/mol. The Morgan fingerprint density at radius 2 is 1.97 bits per heavy atom. The van der Waals surface area contributed by atoms with E-state index in [1.165, 1.54) is 0 Å². The summed E-state index contributed by atoms with van der Waals surface area (Å²) in [5, 5.41) is 9.90. The maximum atomic E-state index is 14.9. The number of anilines is 1. The topological polar surface area (TPSA) is 72.2 Å². The highest BCUT2D eigenvalue weighted by Gasteiger charge is 2.54. The van der Waals surface area contributed by atoms with Crippen LogP contribution in [0.15, 0.2) is 36.8 Å². The highest BCUT2D eigenvalue weighted by atomic mass is 35.5. The second-order valence-electron chi connectivity index (χ2n) is 10.4. The molecule has 10 heteroatoms. The lowest BCUT2D eigenvalue weighted by Gasteiger charge is -2.59. The van der Waals surface area contributed by atoms with E-state index in [9.17, 15) is 4.39 Å². The first-order valence-electron chi connectivity index (χ1n) is 11.7. The number of hydrogen-bond donors (Lipinski definition) is 0. The van der Waals surface area contributed by atoms with Crippen molar-refractivity contribution < 1.29 is 9.13 Å². The van der Waals surface area contributed by atoms with E-state index in [1.54, 1.807) is 12.4 Å². The van der Waals surface area contributed by atoms with Crippen molar-refractivity contribution in [2.24, 2.45) is 5.41 Å². The molecule has 1 spiro atoms. The van der Waals surface area contributed by atoms with Gasteiger partial charge in [-0.15, -0.1) is 10.2 Å². The molecular weight excluding hydrogens is 457 g/mol. The predicted molar refractivity (Wildman–Crippen MR) is 124 cm³/mol. The molecule has 8 nitrogen and oxygen atoms in total. The van der Waals surface area contributed by atoms with Gasteiger partial charge < -0.3 is 9.64 Å². The van der Waals surface area contributed by atoms with Crippen LogP contribution in [0.3, 0.4) is 0 Å². The molecule has 4 aliphatic rings. The van der Waals surface area contributed by atoms with Crippen molar-refractivity contribution in [3.05, 3.63) is 59.0 Å². The fourth-order valence-electron chi connectivity index (χ4n) is 6.09. The number of aromatic nitrogens is 5. The number of fused-ring (bicyclic) bond motifs is 3. The third-order valence-electron chi connectivity index (χ3n) is 7.68. The quantitative estimate of drug-likeness (QED) is 0.566. The van der Waals surface area contributed by atoms with Gasteiger partial charge in [0, 0.05) is 54.9 Å². The average molecular weight is 482 g/mol. The van der Waals surface area contributed by atoms with Crippen LogP contribution < -0.4 is 4.90 Å². The zero-order valence-electron chi connectivity index (χ0n) is 18.7. The molecular formula is C24H25ClFN7O. The van der Waals surface area contributed by atoms with E-state index in [0.717, 1.165) is 54.6 Å². The Morgan fingerprint density at radius 3 is 2.71 bits per heavy atom. The van der Waals surface area contributed by atoms with Crippen LogP contribution in [-0.4, -0.2) is 68.1 Å². The van der Waals surface area contributed by atoms with Crippen molar-refractivity contribution in [3.8, 4) is 5.69 Å². The van der Waals surface area contributed by atoms with E-state index in [1.807, 2.05) is 24.4 Å². The minimum absolute atomic E-state index is 0.152. The van der Waals surface area contributed by atoms with E-state index in [2.05, 4.69) is 34.5 Å². The van der Waals surface area contributed by atoms with Gasteiger partial charge in [-0.25, -0.2) is 9.37 Å². The summed E-state index contributed by atoms with van der Waals surface area (Å²) >= 11 is 6.35. The van der Waals surface area contributed by atoms with Gasteiger partial charge in [0.05, 0.1) is 31.6 Å². The van der Waals surface area contributed by atoms with Crippen molar-refractivity contribution in [2.45, 2.75) is 37.5 Å². The van der Waals surface area contributed by atoms with Crippen molar-refractivity contribution in [3.63, 3.8) is 0 Å².